The van der Waals surface area contributed by atoms with Gasteiger partial charge in [-0.15, -0.1) is 0 Å². The zero-order valence-electron chi connectivity index (χ0n) is 12.8. The Labute approximate surface area is 140 Å². The van der Waals surface area contributed by atoms with Crippen LogP contribution in [0, 0.1) is 5.92 Å². The van der Waals surface area contributed by atoms with Gasteiger partial charge in [-0.1, -0.05) is 0 Å². The smallest absolute Gasteiger partial charge is 0.243 e. The number of hydrogen-bond acceptors (Lipinski definition) is 5. The van der Waals surface area contributed by atoms with Crippen molar-refractivity contribution in [3.63, 3.8) is 0 Å². The van der Waals surface area contributed by atoms with Gasteiger partial charge >= 0.3 is 0 Å². The van der Waals surface area contributed by atoms with E-state index in [9.17, 15) is 13.5 Å². The maximum absolute atomic E-state index is 12.8. The first kappa shape index (κ1) is 16.4. The van der Waals surface area contributed by atoms with Crippen LogP contribution in [-0.2, 0) is 10.0 Å². The first-order chi connectivity index (χ1) is 11.1. The van der Waals surface area contributed by atoms with Crippen molar-refractivity contribution in [2.45, 2.75) is 10.8 Å². The first-order valence-corrected chi connectivity index (χ1v) is 9.71. The summed E-state index contributed by atoms with van der Waals surface area (Å²) in [4.78, 5) is 0.251. The number of benzene rings is 1. The molecule has 1 saturated heterocycles. The Morgan fingerprint density at radius 3 is 2.57 bits per heavy atom. The van der Waals surface area contributed by atoms with Gasteiger partial charge in [0, 0.05) is 31.5 Å². The van der Waals surface area contributed by atoms with E-state index in [4.69, 9.17) is 4.74 Å². The molecule has 0 amide bonds. The van der Waals surface area contributed by atoms with Crippen LogP contribution in [-0.4, -0.2) is 44.6 Å². The van der Waals surface area contributed by atoms with Crippen LogP contribution in [0.5, 0.6) is 5.75 Å². The van der Waals surface area contributed by atoms with E-state index in [1.54, 1.807) is 42.7 Å². The van der Waals surface area contributed by atoms with Crippen molar-refractivity contribution in [2.24, 2.45) is 5.92 Å². The van der Waals surface area contributed by atoms with Crippen LogP contribution in [0.2, 0.25) is 0 Å². The second-order valence-electron chi connectivity index (χ2n) is 5.60. The molecule has 0 saturated carbocycles. The molecule has 2 atom stereocenters. The molecule has 0 unspecified atom stereocenters. The van der Waals surface area contributed by atoms with Gasteiger partial charge in [0.15, 0.2) is 0 Å². The lowest BCUT2D eigenvalue weighted by atomic mass is 9.92. The maximum atomic E-state index is 12.8. The third-order valence-corrected chi connectivity index (χ3v) is 6.86. The van der Waals surface area contributed by atoms with Crippen molar-refractivity contribution in [1.29, 1.82) is 0 Å². The lowest BCUT2D eigenvalue weighted by molar-refractivity contribution is 0.223. The highest BCUT2D eigenvalue weighted by Crippen LogP contribution is 2.36. The number of sulfonamides is 1. The van der Waals surface area contributed by atoms with Crippen molar-refractivity contribution in [1.82, 2.24) is 4.31 Å². The fraction of sp³-hybridized carbons (Fsp3) is 0.375. The molecule has 1 fully saturated rings. The molecule has 5 nitrogen and oxygen atoms in total. The first-order valence-electron chi connectivity index (χ1n) is 7.33. The second kappa shape index (κ2) is 6.60. The number of aliphatic hydroxyl groups excluding tert-OH is 1. The summed E-state index contributed by atoms with van der Waals surface area (Å²) < 4.78 is 32.2. The van der Waals surface area contributed by atoms with E-state index >= 15 is 0 Å². The molecule has 23 heavy (non-hydrogen) atoms. The summed E-state index contributed by atoms with van der Waals surface area (Å²) in [7, 11) is -2.02. The minimum absolute atomic E-state index is 0.0187. The molecule has 2 heterocycles. The van der Waals surface area contributed by atoms with Crippen LogP contribution in [0.1, 0.15) is 11.5 Å². The predicted octanol–water partition coefficient (Wildman–Crippen LogP) is 2.15. The van der Waals surface area contributed by atoms with Crippen LogP contribution in [0.15, 0.2) is 46.0 Å². The summed E-state index contributed by atoms with van der Waals surface area (Å²) in [6, 6.07) is 8.40. The SMILES string of the molecule is COc1ccc(S(=O)(=O)N2C[C@H](CO)[C@H](c3ccsc3)C2)cc1. The highest BCUT2D eigenvalue weighted by molar-refractivity contribution is 7.89. The van der Waals surface area contributed by atoms with Crippen LogP contribution in [0.25, 0.3) is 0 Å². The maximum Gasteiger partial charge on any atom is 0.243 e. The Morgan fingerprint density at radius 1 is 1.26 bits per heavy atom. The van der Waals surface area contributed by atoms with Gasteiger partial charge in [-0.25, -0.2) is 8.42 Å². The van der Waals surface area contributed by atoms with E-state index in [1.165, 1.54) is 4.31 Å². The Kier molecular flexibility index (Phi) is 4.72. The largest absolute Gasteiger partial charge is 0.497 e. The van der Waals surface area contributed by atoms with Crippen LogP contribution >= 0.6 is 11.3 Å². The van der Waals surface area contributed by atoms with Gasteiger partial charge in [-0.3, -0.25) is 0 Å². The molecule has 1 N–H and O–H groups in total. The van der Waals surface area contributed by atoms with E-state index in [2.05, 4.69) is 0 Å². The van der Waals surface area contributed by atoms with Gasteiger partial charge < -0.3 is 9.84 Å². The molecule has 0 spiro atoms. The number of methoxy groups -OCH3 is 1. The molecule has 1 aliphatic heterocycles. The standard InChI is InChI=1S/C16H19NO4S2/c1-21-14-2-4-15(5-3-14)23(19,20)17-8-13(10-18)16(9-17)12-6-7-22-11-12/h2-7,11,13,16,18H,8-10H2,1H3/t13-,16+/m1/s1. The minimum atomic E-state index is -3.56. The molecule has 2 aromatic rings. The third kappa shape index (κ3) is 3.14. The molecule has 7 heteroatoms. The highest BCUT2D eigenvalue weighted by Gasteiger charge is 2.39. The Balaban J connectivity index is 1.85. The van der Waals surface area contributed by atoms with Crippen LogP contribution < -0.4 is 4.74 Å². The van der Waals surface area contributed by atoms with Crippen molar-refractivity contribution in [2.75, 3.05) is 26.8 Å². The molecule has 1 aromatic heterocycles. The van der Waals surface area contributed by atoms with E-state index in [1.807, 2.05) is 16.8 Å². The predicted molar refractivity (Wildman–Crippen MR) is 89.4 cm³/mol. The molecule has 0 radical (unpaired) electrons. The van der Waals surface area contributed by atoms with Gasteiger partial charge in [-0.2, -0.15) is 15.6 Å². The zero-order valence-corrected chi connectivity index (χ0v) is 14.4. The average Bonchev–Trinajstić information content (AvgIpc) is 3.23. The van der Waals surface area contributed by atoms with Crippen molar-refractivity contribution < 1.29 is 18.3 Å². The summed E-state index contributed by atoms with van der Waals surface area (Å²) in [5.41, 5.74) is 1.10. The van der Waals surface area contributed by atoms with Gasteiger partial charge in [0.25, 0.3) is 0 Å². The normalized spacial score (nSPS) is 22.3. The quantitative estimate of drug-likeness (QED) is 0.894. The van der Waals surface area contributed by atoms with Crippen LogP contribution in [0.3, 0.4) is 0 Å². The van der Waals surface area contributed by atoms with E-state index < -0.39 is 10.0 Å². The number of nitrogens with zero attached hydrogens (tertiary/aromatic N) is 1. The van der Waals surface area contributed by atoms with Gasteiger partial charge in [0.2, 0.25) is 10.0 Å². The summed E-state index contributed by atoms with van der Waals surface area (Å²) in [5.74, 6) is 0.589. The molecular weight excluding hydrogens is 334 g/mol. The van der Waals surface area contributed by atoms with Gasteiger partial charge in [0.05, 0.1) is 12.0 Å². The summed E-state index contributed by atoms with van der Waals surface area (Å²) in [6.45, 7) is 0.719. The van der Waals surface area contributed by atoms with Crippen molar-refractivity contribution in [3.05, 3.63) is 46.7 Å². The summed E-state index contributed by atoms with van der Waals surface area (Å²) >= 11 is 1.58. The monoisotopic (exact) mass is 353 g/mol. The molecule has 124 valence electrons. The molecular formula is C16H19NO4S2. The van der Waals surface area contributed by atoms with Gasteiger partial charge in [-0.05, 0) is 46.7 Å². The highest BCUT2D eigenvalue weighted by atomic mass is 32.2. The molecule has 1 aliphatic rings. The van der Waals surface area contributed by atoms with E-state index in [-0.39, 0.29) is 23.3 Å². The molecule has 3 rings (SSSR count). The lowest BCUT2D eigenvalue weighted by Crippen LogP contribution is -2.29. The Hall–Kier alpha value is -1.41. The number of aliphatic hydroxyl groups is 1. The van der Waals surface area contributed by atoms with E-state index in [0.29, 0.717) is 18.8 Å². The van der Waals surface area contributed by atoms with Gasteiger partial charge in [0.1, 0.15) is 5.75 Å². The fourth-order valence-electron chi connectivity index (χ4n) is 2.97. The lowest BCUT2D eigenvalue weighted by Gasteiger charge is -2.16. The topological polar surface area (TPSA) is 66.8 Å². The summed E-state index contributed by atoms with van der Waals surface area (Å²) in [6.07, 6.45) is 0. The third-order valence-electron chi connectivity index (χ3n) is 4.31. The average molecular weight is 353 g/mol. The number of rotatable bonds is 5. The summed E-state index contributed by atoms with van der Waals surface area (Å²) in [5, 5.41) is 13.6. The van der Waals surface area contributed by atoms with Crippen molar-refractivity contribution >= 4 is 21.4 Å². The second-order valence-corrected chi connectivity index (χ2v) is 8.32. The Morgan fingerprint density at radius 2 is 2.00 bits per heavy atom. The van der Waals surface area contributed by atoms with E-state index in [0.717, 1.165) is 5.56 Å². The number of thiophene rings is 1. The van der Waals surface area contributed by atoms with Crippen LogP contribution in [0.4, 0.5) is 0 Å². The Bertz CT molecular complexity index is 741. The molecule has 0 bridgehead atoms. The minimum Gasteiger partial charge on any atom is -0.497 e. The van der Waals surface area contributed by atoms with Crippen molar-refractivity contribution in [3.8, 4) is 5.75 Å². The fourth-order valence-corrected chi connectivity index (χ4v) is 5.22. The molecule has 1 aromatic carbocycles. The molecule has 0 aliphatic carbocycles. The zero-order chi connectivity index (χ0) is 16.4. The number of hydrogen-bond donors (Lipinski definition) is 1. The number of ether oxygens (including phenoxy) is 1.